The number of rotatable bonds is 7. The first-order valence-electron chi connectivity index (χ1n) is 7.86. The highest BCUT2D eigenvalue weighted by Crippen LogP contribution is 2.24. The summed E-state index contributed by atoms with van der Waals surface area (Å²) in [6, 6.07) is 20.0. The summed E-state index contributed by atoms with van der Waals surface area (Å²) in [5.74, 6) is -1.45. The molecule has 0 fully saturated rings. The predicted molar refractivity (Wildman–Crippen MR) is 93.7 cm³/mol. The minimum absolute atomic E-state index is 0.0933. The van der Waals surface area contributed by atoms with Crippen LogP contribution in [-0.2, 0) is 16.0 Å². The molecule has 0 aliphatic rings. The maximum absolute atomic E-state index is 11.9. The van der Waals surface area contributed by atoms with Gasteiger partial charge in [0.15, 0.2) is 0 Å². The van der Waals surface area contributed by atoms with Crippen molar-refractivity contribution in [2.45, 2.75) is 25.3 Å². The summed E-state index contributed by atoms with van der Waals surface area (Å²) in [6.45, 7) is 1.94. The first-order chi connectivity index (χ1) is 11.6. The zero-order valence-electron chi connectivity index (χ0n) is 13.6. The molecule has 0 aromatic heterocycles. The number of benzene rings is 2. The molecule has 0 bridgehead atoms. The maximum Gasteiger partial charge on any atom is 0.328 e. The summed E-state index contributed by atoms with van der Waals surface area (Å²) in [4.78, 5) is 22.4. The molecule has 0 spiro atoms. The summed E-state index contributed by atoms with van der Waals surface area (Å²) in [6.07, 6.45) is 2.68. The lowest BCUT2D eigenvalue weighted by molar-refractivity contribution is -0.131. The number of amides is 1. The molecule has 4 nitrogen and oxygen atoms in total. The smallest absolute Gasteiger partial charge is 0.328 e. The maximum atomic E-state index is 11.9. The molecule has 0 saturated heterocycles. The van der Waals surface area contributed by atoms with Crippen LogP contribution < -0.4 is 5.32 Å². The first-order valence-corrected chi connectivity index (χ1v) is 7.86. The Bertz CT molecular complexity index is 695. The third-order valence-corrected chi connectivity index (χ3v) is 3.88. The molecule has 1 amide bonds. The van der Waals surface area contributed by atoms with Crippen LogP contribution in [0.5, 0.6) is 0 Å². The molecule has 4 heteroatoms. The van der Waals surface area contributed by atoms with E-state index in [1.54, 1.807) is 0 Å². The third kappa shape index (κ3) is 5.39. The zero-order chi connectivity index (χ0) is 17.4. The Morgan fingerprint density at radius 1 is 1.00 bits per heavy atom. The van der Waals surface area contributed by atoms with E-state index in [0.717, 1.165) is 24.1 Å². The van der Waals surface area contributed by atoms with E-state index in [-0.39, 0.29) is 12.0 Å². The Morgan fingerprint density at radius 3 is 2.17 bits per heavy atom. The Morgan fingerprint density at radius 2 is 1.58 bits per heavy atom. The van der Waals surface area contributed by atoms with Crippen molar-refractivity contribution in [2.75, 3.05) is 0 Å². The summed E-state index contributed by atoms with van der Waals surface area (Å²) in [7, 11) is 0. The van der Waals surface area contributed by atoms with E-state index in [4.69, 9.17) is 5.11 Å². The van der Waals surface area contributed by atoms with E-state index in [9.17, 15) is 9.59 Å². The van der Waals surface area contributed by atoms with E-state index >= 15 is 0 Å². The van der Waals surface area contributed by atoms with E-state index < -0.39 is 11.9 Å². The van der Waals surface area contributed by atoms with Gasteiger partial charge < -0.3 is 10.4 Å². The Hall–Kier alpha value is -2.88. The van der Waals surface area contributed by atoms with Gasteiger partial charge in [0.2, 0.25) is 5.91 Å². The number of hydrogen-bond donors (Lipinski definition) is 2. The quantitative estimate of drug-likeness (QED) is 0.769. The first kappa shape index (κ1) is 17.5. The molecule has 0 radical (unpaired) electrons. The van der Waals surface area contributed by atoms with Gasteiger partial charge in [0.05, 0.1) is 0 Å². The molecule has 2 aromatic rings. The average molecular weight is 323 g/mol. The van der Waals surface area contributed by atoms with Gasteiger partial charge in [0, 0.05) is 24.1 Å². The van der Waals surface area contributed by atoms with Gasteiger partial charge in [0.25, 0.3) is 0 Å². The lowest BCUT2D eigenvalue weighted by atomic mass is 9.86. The standard InChI is InChI=1S/C20H21NO3/c1-15(21-19(22)12-13-20(23)24)18(17-10-6-3-7-11-17)14-16-8-4-2-5-9-16/h2-13,15,18H,14H2,1H3,(H,21,22)(H,23,24)/b13-12+/t15-,18+/m0/s1. The Kier molecular flexibility index (Phi) is 6.32. The van der Waals surface area contributed by atoms with Crippen molar-refractivity contribution in [3.63, 3.8) is 0 Å². The highest BCUT2D eigenvalue weighted by Gasteiger charge is 2.20. The Balaban J connectivity index is 2.16. The van der Waals surface area contributed by atoms with Gasteiger partial charge in [0.1, 0.15) is 0 Å². The van der Waals surface area contributed by atoms with Crippen LogP contribution in [0.2, 0.25) is 0 Å². The highest BCUT2D eigenvalue weighted by molar-refractivity contribution is 5.94. The molecular weight excluding hydrogens is 302 g/mol. The van der Waals surface area contributed by atoms with Crippen molar-refractivity contribution < 1.29 is 14.7 Å². The van der Waals surface area contributed by atoms with Gasteiger partial charge in [-0.3, -0.25) is 4.79 Å². The van der Waals surface area contributed by atoms with Crippen LogP contribution in [0.25, 0.3) is 0 Å². The SMILES string of the molecule is C[C@H](NC(=O)/C=C/C(=O)O)[C@@H](Cc1ccccc1)c1ccccc1. The van der Waals surface area contributed by atoms with Crippen LogP contribution >= 0.6 is 0 Å². The van der Waals surface area contributed by atoms with Gasteiger partial charge in [-0.1, -0.05) is 60.7 Å². The molecule has 2 aromatic carbocycles. The van der Waals surface area contributed by atoms with Crippen molar-refractivity contribution in [1.29, 1.82) is 0 Å². The van der Waals surface area contributed by atoms with Crippen molar-refractivity contribution in [1.82, 2.24) is 5.32 Å². The lowest BCUT2D eigenvalue weighted by Gasteiger charge is -2.25. The molecule has 24 heavy (non-hydrogen) atoms. The monoisotopic (exact) mass is 323 g/mol. The van der Waals surface area contributed by atoms with Crippen molar-refractivity contribution in [3.8, 4) is 0 Å². The largest absolute Gasteiger partial charge is 0.478 e. The number of carboxylic acids is 1. The van der Waals surface area contributed by atoms with E-state index in [1.807, 2.05) is 55.5 Å². The minimum atomic E-state index is -1.14. The van der Waals surface area contributed by atoms with Crippen LogP contribution in [-0.4, -0.2) is 23.0 Å². The van der Waals surface area contributed by atoms with Gasteiger partial charge in [-0.25, -0.2) is 4.79 Å². The number of carboxylic acid groups (broad SMARTS) is 1. The highest BCUT2D eigenvalue weighted by atomic mass is 16.4. The fourth-order valence-corrected chi connectivity index (χ4v) is 2.67. The number of carbonyl (C=O) groups is 2. The fraction of sp³-hybridized carbons (Fsp3) is 0.200. The van der Waals surface area contributed by atoms with Crippen LogP contribution in [0.3, 0.4) is 0 Å². The number of carbonyl (C=O) groups excluding carboxylic acids is 1. The van der Waals surface area contributed by atoms with Crippen LogP contribution in [0.15, 0.2) is 72.8 Å². The molecule has 0 saturated carbocycles. The third-order valence-electron chi connectivity index (χ3n) is 3.88. The summed E-state index contributed by atoms with van der Waals surface area (Å²) < 4.78 is 0. The molecule has 0 aliphatic heterocycles. The van der Waals surface area contributed by atoms with Crippen LogP contribution in [0.1, 0.15) is 24.0 Å². The van der Waals surface area contributed by atoms with E-state index in [0.29, 0.717) is 0 Å². The second-order valence-corrected chi connectivity index (χ2v) is 5.68. The summed E-state index contributed by atoms with van der Waals surface area (Å²) >= 11 is 0. The van der Waals surface area contributed by atoms with Crippen LogP contribution in [0.4, 0.5) is 0 Å². The molecule has 0 aliphatic carbocycles. The minimum Gasteiger partial charge on any atom is -0.478 e. The normalized spacial score (nSPS) is 13.4. The summed E-state index contributed by atoms with van der Waals surface area (Å²) in [5, 5.41) is 11.5. The van der Waals surface area contributed by atoms with Gasteiger partial charge in [-0.15, -0.1) is 0 Å². The topological polar surface area (TPSA) is 66.4 Å². The number of hydrogen-bond acceptors (Lipinski definition) is 2. The van der Waals surface area contributed by atoms with Crippen molar-refractivity contribution in [3.05, 3.63) is 83.9 Å². The van der Waals surface area contributed by atoms with Crippen molar-refractivity contribution in [2.24, 2.45) is 0 Å². The van der Waals surface area contributed by atoms with Crippen molar-refractivity contribution >= 4 is 11.9 Å². The summed E-state index contributed by atoms with van der Waals surface area (Å²) in [5.41, 5.74) is 2.32. The van der Waals surface area contributed by atoms with Crippen LogP contribution in [0, 0.1) is 0 Å². The number of nitrogens with one attached hydrogen (secondary N) is 1. The molecule has 2 N–H and O–H groups in total. The zero-order valence-corrected chi connectivity index (χ0v) is 13.6. The number of aliphatic carboxylic acids is 1. The lowest BCUT2D eigenvalue weighted by Crippen LogP contribution is -2.37. The predicted octanol–water partition coefficient (Wildman–Crippen LogP) is 3.16. The molecule has 0 unspecified atom stereocenters. The molecule has 2 atom stereocenters. The van der Waals surface area contributed by atoms with Gasteiger partial charge in [-0.2, -0.15) is 0 Å². The van der Waals surface area contributed by atoms with E-state index in [1.165, 1.54) is 5.56 Å². The second kappa shape index (κ2) is 8.67. The molecule has 124 valence electrons. The van der Waals surface area contributed by atoms with E-state index in [2.05, 4.69) is 17.4 Å². The molecular formula is C20H21NO3. The van der Waals surface area contributed by atoms with Gasteiger partial charge in [-0.05, 0) is 24.5 Å². The fourth-order valence-electron chi connectivity index (χ4n) is 2.67. The average Bonchev–Trinajstić information content (AvgIpc) is 2.59. The van der Waals surface area contributed by atoms with Gasteiger partial charge >= 0.3 is 5.97 Å². The molecule has 0 heterocycles. The molecule has 2 rings (SSSR count). The Labute approximate surface area is 141 Å². The second-order valence-electron chi connectivity index (χ2n) is 5.68.